The van der Waals surface area contributed by atoms with E-state index in [1.807, 2.05) is 26.0 Å². The normalized spacial score (nSPS) is 10.4. The maximum atomic E-state index is 12.4. The molecule has 0 unspecified atom stereocenters. The van der Waals surface area contributed by atoms with E-state index in [1.54, 1.807) is 6.07 Å². The maximum absolute atomic E-state index is 12.4. The summed E-state index contributed by atoms with van der Waals surface area (Å²) in [5, 5.41) is 13.1. The Bertz CT molecular complexity index is 989. The van der Waals surface area contributed by atoms with Crippen LogP contribution in [-0.4, -0.2) is 35.7 Å². The first kappa shape index (κ1) is 23.0. The Labute approximate surface area is 178 Å². The van der Waals surface area contributed by atoms with Gasteiger partial charge in [0.1, 0.15) is 11.6 Å². The van der Waals surface area contributed by atoms with Gasteiger partial charge in [0.15, 0.2) is 6.61 Å². The Balaban J connectivity index is 1.92. The Kier molecular flexibility index (Phi) is 8.06. The monoisotopic (exact) mass is 432 g/mol. The van der Waals surface area contributed by atoms with Crippen LogP contribution in [0.15, 0.2) is 36.4 Å². The standard InChI is InChI=1S/C21H21ClN2O6/c1-3-13-5-6-14(4-2)16(9-13)19(25)12-30-20(26)11-23-21(27)15-7-8-17(22)18(10-15)24(28)29/h5-10H,3-4,11-12H2,1-2H3,(H,23,27). The Morgan fingerprint density at radius 2 is 1.83 bits per heavy atom. The highest BCUT2D eigenvalue weighted by Crippen LogP contribution is 2.25. The molecule has 0 aliphatic carbocycles. The highest BCUT2D eigenvalue weighted by Gasteiger charge is 2.18. The number of Topliss-reactive ketones (excluding diaryl/α,β-unsaturated/α-hetero) is 1. The highest BCUT2D eigenvalue weighted by molar-refractivity contribution is 6.32. The Morgan fingerprint density at radius 3 is 2.47 bits per heavy atom. The number of nitrogens with one attached hydrogen (secondary N) is 1. The molecule has 0 saturated carbocycles. The molecule has 0 heterocycles. The van der Waals surface area contributed by atoms with Crippen molar-refractivity contribution < 1.29 is 24.0 Å². The zero-order valence-electron chi connectivity index (χ0n) is 16.6. The molecule has 1 amide bonds. The maximum Gasteiger partial charge on any atom is 0.325 e. The van der Waals surface area contributed by atoms with Crippen molar-refractivity contribution in [3.05, 3.63) is 73.8 Å². The number of benzene rings is 2. The van der Waals surface area contributed by atoms with Gasteiger partial charge in [0.25, 0.3) is 11.6 Å². The second-order valence-corrected chi connectivity index (χ2v) is 6.80. The molecule has 0 spiro atoms. The third kappa shape index (κ3) is 5.87. The van der Waals surface area contributed by atoms with Gasteiger partial charge in [0.05, 0.1) is 4.92 Å². The molecule has 0 aliphatic rings. The molecule has 0 radical (unpaired) electrons. The fourth-order valence-corrected chi connectivity index (χ4v) is 2.92. The van der Waals surface area contributed by atoms with E-state index in [-0.39, 0.29) is 16.4 Å². The second-order valence-electron chi connectivity index (χ2n) is 6.39. The van der Waals surface area contributed by atoms with Gasteiger partial charge >= 0.3 is 5.97 Å². The Hall–Kier alpha value is -3.26. The SMILES string of the molecule is CCc1ccc(CC)c(C(=O)COC(=O)CNC(=O)c2ccc(Cl)c([N+](=O)[O-])c2)c1. The zero-order valence-corrected chi connectivity index (χ0v) is 17.3. The minimum absolute atomic E-state index is 0.0288. The molecule has 2 aromatic rings. The van der Waals surface area contributed by atoms with Gasteiger partial charge in [-0.2, -0.15) is 0 Å². The lowest BCUT2D eigenvalue weighted by atomic mass is 9.98. The first-order valence-corrected chi connectivity index (χ1v) is 9.67. The lowest BCUT2D eigenvalue weighted by Crippen LogP contribution is -2.31. The molecule has 0 fully saturated rings. The van der Waals surface area contributed by atoms with Crippen molar-refractivity contribution >= 4 is 34.9 Å². The lowest BCUT2D eigenvalue weighted by molar-refractivity contribution is -0.384. The van der Waals surface area contributed by atoms with Crippen molar-refractivity contribution in [1.29, 1.82) is 0 Å². The number of nitrogens with zero attached hydrogens (tertiary/aromatic N) is 1. The molecular formula is C21H21ClN2O6. The summed E-state index contributed by atoms with van der Waals surface area (Å²) in [5.41, 5.74) is 1.94. The molecule has 0 saturated heterocycles. The lowest BCUT2D eigenvalue weighted by Gasteiger charge is -2.10. The van der Waals surface area contributed by atoms with Crippen LogP contribution in [0.2, 0.25) is 5.02 Å². The van der Waals surface area contributed by atoms with Crippen molar-refractivity contribution in [3.8, 4) is 0 Å². The number of ketones is 1. The Morgan fingerprint density at radius 1 is 1.10 bits per heavy atom. The van der Waals surface area contributed by atoms with Crippen molar-refractivity contribution in [2.24, 2.45) is 0 Å². The van der Waals surface area contributed by atoms with E-state index in [4.69, 9.17) is 16.3 Å². The summed E-state index contributed by atoms with van der Waals surface area (Å²) in [6.45, 7) is 2.98. The van der Waals surface area contributed by atoms with E-state index in [1.165, 1.54) is 12.1 Å². The number of amides is 1. The van der Waals surface area contributed by atoms with E-state index < -0.39 is 35.6 Å². The van der Waals surface area contributed by atoms with Crippen molar-refractivity contribution in [2.75, 3.05) is 13.2 Å². The average molecular weight is 433 g/mol. The van der Waals surface area contributed by atoms with E-state index in [2.05, 4.69) is 5.32 Å². The smallest absolute Gasteiger partial charge is 0.325 e. The highest BCUT2D eigenvalue weighted by atomic mass is 35.5. The van der Waals surface area contributed by atoms with Gasteiger partial charge in [0.2, 0.25) is 5.78 Å². The van der Waals surface area contributed by atoms with Crippen LogP contribution < -0.4 is 5.32 Å². The zero-order chi connectivity index (χ0) is 22.3. The van der Waals surface area contributed by atoms with Crippen molar-refractivity contribution in [1.82, 2.24) is 5.32 Å². The van der Waals surface area contributed by atoms with Crippen molar-refractivity contribution in [3.63, 3.8) is 0 Å². The summed E-state index contributed by atoms with van der Waals surface area (Å²) in [6, 6.07) is 9.18. The minimum atomic E-state index is -0.801. The number of hydrogen-bond donors (Lipinski definition) is 1. The van der Waals surface area contributed by atoms with E-state index in [9.17, 15) is 24.5 Å². The predicted molar refractivity (Wildman–Crippen MR) is 111 cm³/mol. The largest absolute Gasteiger partial charge is 0.456 e. The number of carbonyl (C=O) groups excluding carboxylic acids is 3. The van der Waals surface area contributed by atoms with Crippen LogP contribution >= 0.6 is 11.6 Å². The third-order valence-corrected chi connectivity index (χ3v) is 4.75. The molecule has 1 N–H and O–H groups in total. The molecule has 0 bridgehead atoms. The fourth-order valence-electron chi connectivity index (χ4n) is 2.73. The average Bonchev–Trinajstić information content (AvgIpc) is 2.75. The van der Waals surface area contributed by atoms with Crippen LogP contribution in [0.5, 0.6) is 0 Å². The number of nitro groups is 1. The van der Waals surface area contributed by atoms with Gasteiger partial charge < -0.3 is 10.1 Å². The first-order chi connectivity index (χ1) is 14.3. The van der Waals surface area contributed by atoms with Gasteiger partial charge in [-0.15, -0.1) is 0 Å². The summed E-state index contributed by atoms with van der Waals surface area (Å²) < 4.78 is 4.97. The topological polar surface area (TPSA) is 116 Å². The first-order valence-electron chi connectivity index (χ1n) is 9.29. The fraction of sp³-hybridized carbons (Fsp3) is 0.286. The molecule has 158 valence electrons. The van der Waals surface area contributed by atoms with Gasteiger partial charge in [-0.3, -0.25) is 24.5 Å². The van der Waals surface area contributed by atoms with Crippen LogP contribution in [-0.2, 0) is 22.4 Å². The van der Waals surface area contributed by atoms with Crippen LogP contribution in [0.1, 0.15) is 45.7 Å². The third-order valence-electron chi connectivity index (χ3n) is 4.43. The summed E-state index contributed by atoms with van der Waals surface area (Å²) in [5.74, 6) is -1.83. The second kappa shape index (κ2) is 10.5. The molecule has 0 aliphatic heterocycles. The molecule has 2 rings (SSSR count). The van der Waals surface area contributed by atoms with Crippen LogP contribution in [0, 0.1) is 10.1 Å². The van der Waals surface area contributed by atoms with Gasteiger partial charge in [-0.25, -0.2) is 0 Å². The van der Waals surface area contributed by atoms with Crippen LogP contribution in [0.3, 0.4) is 0 Å². The number of aryl methyl sites for hydroxylation is 2. The number of hydrogen-bond acceptors (Lipinski definition) is 6. The number of ether oxygens (including phenoxy) is 1. The molecule has 8 nitrogen and oxygen atoms in total. The quantitative estimate of drug-likeness (QED) is 0.280. The number of carbonyl (C=O) groups is 3. The summed E-state index contributed by atoms with van der Waals surface area (Å²) >= 11 is 5.71. The number of halogens is 1. The molecule has 30 heavy (non-hydrogen) atoms. The van der Waals surface area contributed by atoms with E-state index in [0.717, 1.165) is 23.6 Å². The molecular weight excluding hydrogens is 412 g/mol. The number of nitro benzene ring substituents is 1. The molecule has 9 heteroatoms. The summed E-state index contributed by atoms with van der Waals surface area (Å²) in [6.07, 6.45) is 1.45. The van der Waals surface area contributed by atoms with E-state index >= 15 is 0 Å². The molecule has 0 atom stereocenters. The summed E-state index contributed by atoms with van der Waals surface area (Å²) in [7, 11) is 0. The number of rotatable bonds is 9. The predicted octanol–water partition coefficient (Wildman–Crippen LogP) is 3.53. The number of esters is 1. The summed E-state index contributed by atoms with van der Waals surface area (Å²) in [4.78, 5) is 46.6. The minimum Gasteiger partial charge on any atom is -0.456 e. The molecule has 2 aromatic carbocycles. The van der Waals surface area contributed by atoms with Gasteiger partial charge in [-0.05, 0) is 42.2 Å². The van der Waals surface area contributed by atoms with Crippen molar-refractivity contribution in [2.45, 2.75) is 26.7 Å². The van der Waals surface area contributed by atoms with Gasteiger partial charge in [0, 0.05) is 17.2 Å². The van der Waals surface area contributed by atoms with Crippen LogP contribution in [0.4, 0.5) is 5.69 Å². The van der Waals surface area contributed by atoms with Crippen LogP contribution in [0.25, 0.3) is 0 Å². The van der Waals surface area contributed by atoms with Gasteiger partial charge in [-0.1, -0.05) is 37.6 Å². The molecule has 0 aromatic heterocycles. The van der Waals surface area contributed by atoms with E-state index in [0.29, 0.717) is 12.0 Å².